The van der Waals surface area contributed by atoms with Crippen molar-refractivity contribution in [2.24, 2.45) is 0 Å². The molecule has 0 aliphatic carbocycles. The summed E-state index contributed by atoms with van der Waals surface area (Å²) in [5.41, 5.74) is 0.0606. The molecule has 0 amide bonds. The van der Waals surface area contributed by atoms with Crippen LogP contribution in [0.3, 0.4) is 0 Å². The zero-order chi connectivity index (χ0) is 15.9. The maximum atomic E-state index is 12.6. The first-order valence-corrected chi connectivity index (χ1v) is 6.10. The number of nitrogens with zero attached hydrogens (tertiary/aromatic N) is 3. The van der Waals surface area contributed by atoms with Gasteiger partial charge >= 0.3 is 6.18 Å². The van der Waals surface area contributed by atoms with Gasteiger partial charge in [-0.3, -0.25) is 9.89 Å². The molecule has 0 aliphatic heterocycles. The molecule has 3 aromatic rings. The Morgan fingerprint density at radius 1 is 1.23 bits per heavy atom. The number of fused-ring (bicyclic) bond motifs is 1. The predicted molar refractivity (Wildman–Crippen MR) is 70.6 cm³/mol. The molecule has 114 valence electrons. The van der Waals surface area contributed by atoms with Gasteiger partial charge in [0.15, 0.2) is 0 Å². The summed E-state index contributed by atoms with van der Waals surface area (Å²) in [6.45, 7) is 0. The fourth-order valence-corrected chi connectivity index (χ4v) is 1.94. The fraction of sp³-hybridized carbons (Fsp3) is 0.154. The van der Waals surface area contributed by atoms with Gasteiger partial charge in [0.25, 0.3) is 11.3 Å². The van der Waals surface area contributed by atoms with E-state index in [1.807, 2.05) is 5.10 Å². The topological polar surface area (TPSA) is 72.3 Å². The van der Waals surface area contributed by atoms with Crippen LogP contribution in [0, 0.1) is 0 Å². The van der Waals surface area contributed by atoms with Gasteiger partial charge in [-0.25, -0.2) is 4.98 Å². The molecule has 0 atom stereocenters. The van der Waals surface area contributed by atoms with E-state index in [-0.39, 0.29) is 11.5 Å². The van der Waals surface area contributed by atoms with Gasteiger partial charge in [-0.05, 0) is 12.1 Å². The number of rotatable bonds is 2. The van der Waals surface area contributed by atoms with Crippen LogP contribution in [-0.4, -0.2) is 26.7 Å². The third kappa shape index (κ3) is 2.41. The Morgan fingerprint density at radius 3 is 2.68 bits per heavy atom. The van der Waals surface area contributed by atoms with Crippen LogP contribution in [0.5, 0.6) is 5.75 Å². The summed E-state index contributed by atoms with van der Waals surface area (Å²) in [7, 11) is 1.48. The highest BCUT2D eigenvalue weighted by atomic mass is 19.4. The average molecular weight is 310 g/mol. The monoisotopic (exact) mass is 310 g/mol. The largest absolute Gasteiger partial charge is 0.497 e. The summed E-state index contributed by atoms with van der Waals surface area (Å²) in [6.07, 6.45) is -4.68. The Labute approximate surface area is 121 Å². The van der Waals surface area contributed by atoms with Gasteiger partial charge in [0.1, 0.15) is 5.75 Å². The Hall–Kier alpha value is -2.84. The number of hydrogen-bond acceptors (Lipinski definition) is 4. The van der Waals surface area contributed by atoms with Gasteiger partial charge in [-0.15, -0.1) is 0 Å². The molecule has 6 nitrogen and oxygen atoms in total. The number of nitrogens with one attached hydrogen (secondary N) is 1. The second-order valence-corrected chi connectivity index (χ2v) is 4.42. The number of H-pyrrole nitrogens is 1. The van der Waals surface area contributed by atoms with E-state index in [4.69, 9.17) is 4.74 Å². The van der Waals surface area contributed by atoms with Crippen molar-refractivity contribution in [3.8, 4) is 17.0 Å². The molecule has 0 unspecified atom stereocenters. The maximum Gasteiger partial charge on any atom is 0.451 e. The lowest BCUT2D eigenvalue weighted by Crippen LogP contribution is -2.15. The van der Waals surface area contributed by atoms with E-state index in [2.05, 4.69) is 9.97 Å². The number of hydrogen-bond donors (Lipinski definition) is 1. The van der Waals surface area contributed by atoms with Crippen LogP contribution in [-0.2, 0) is 6.18 Å². The van der Waals surface area contributed by atoms with Crippen LogP contribution in [0.1, 0.15) is 5.82 Å². The first kappa shape index (κ1) is 14.1. The molecule has 0 aliphatic rings. The van der Waals surface area contributed by atoms with Crippen molar-refractivity contribution in [2.75, 3.05) is 7.11 Å². The lowest BCUT2D eigenvalue weighted by Gasteiger charge is -2.03. The zero-order valence-corrected chi connectivity index (χ0v) is 11.2. The average Bonchev–Trinajstić information content (AvgIpc) is 2.92. The van der Waals surface area contributed by atoms with Gasteiger partial charge in [0.2, 0.25) is 5.82 Å². The normalized spacial score (nSPS) is 11.8. The molecule has 0 saturated carbocycles. The molecule has 1 N–H and O–H groups in total. The van der Waals surface area contributed by atoms with Crippen molar-refractivity contribution < 1.29 is 17.9 Å². The van der Waals surface area contributed by atoms with Gasteiger partial charge in [0, 0.05) is 11.6 Å². The highest BCUT2D eigenvalue weighted by molar-refractivity contribution is 5.62. The summed E-state index contributed by atoms with van der Waals surface area (Å²) >= 11 is 0. The molecule has 2 heterocycles. The fourth-order valence-electron chi connectivity index (χ4n) is 1.94. The van der Waals surface area contributed by atoms with E-state index in [1.54, 1.807) is 24.3 Å². The van der Waals surface area contributed by atoms with Crippen LogP contribution in [0.4, 0.5) is 13.2 Å². The Morgan fingerprint density at radius 2 is 2.00 bits per heavy atom. The molecule has 0 bridgehead atoms. The quantitative estimate of drug-likeness (QED) is 0.787. The van der Waals surface area contributed by atoms with Crippen LogP contribution < -0.4 is 10.3 Å². The number of aromatic nitrogens is 4. The summed E-state index contributed by atoms with van der Waals surface area (Å²) in [5, 5.41) is 1.89. The molecule has 0 saturated heterocycles. The number of benzene rings is 1. The van der Waals surface area contributed by atoms with Gasteiger partial charge in [-0.1, -0.05) is 12.1 Å². The summed E-state index contributed by atoms with van der Waals surface area (Å²) in [6, 6.07) is 7.79. The standard InChI is InChI=1S/C13H9F3N4O2/c1-22-8-4-2-3-7(5-8)9-6-10(21)20-12(17-9)18-11(19-20)13(14,15)16/h2-6H,1H3,(H,17,18,19). The third-order valence-corrected chi connectivity index (χ3v) is 2.96. The van der Waals surface area contributed by atoms with Crippen LogP contribution in [0.15, 0.2) is 35.1 Å². The van der Waals surface area contributed by atoms with Crippen LogP contribution >= 0.6 is 0 Å². The predicted octanol–water partition coefficient (Wildman–Crippen LogP) is 2.11. The molecule has 3 rings (SSSR count). The Kier molecular flexibility index (Phi) is 3.12. The third-order valence-electron chi connectivity index (χ3n) is 2.96. The van der Waals surface area contributed by atoms with E-state index < -0.39 is 17.6 Å². The number of aromatic amines is 1. The van der Waals surface area contributed by atoms with Gasteiger partial charge < -0.3 is 4.74 Å². The SMILES string of the molecule is COc1cccc(-c2cc(=O)n3[nH]c(C(F)(F)F)nc3n2)c1. The lowest BCUT2D eigenvalue weighted by molar-refractivity contribution is -0.144. The maximum absolute atomic E-state index is 12.6. The van der Waals surface area contributed by atoms with Crippen LogP contribution in [0.2, 0.25) is 0 Å². The number of methoxy groups -OCH3 is 1. The summed E-state index contributed by atoms with van der Waals surface area (Å²) in [4.78, 5) is 19.2. The van der Waals surface area contributed by atoms with Gasteiger partial charge in [-0.2, -0.15) is 22.7 Å². The van der Waals surface area contributed by atoms with Crippen molar-refractivity contribution in [1.29, 1.82) is 0 Å². The van der Waals surface area contributed by atoms with E-state index in [0.717, 1.165) is 6.07 Å². The van der Waals surface area contributed by atoms with Crippen molar-refractivity contribution >= 4 is 5.78 Å². The molecule has 0 fully saturated rings. The molecule has 22 heavy (non-hydrogen) atoms. The molecule has 0 spiro atoms. The second-order valence-electron chi connectivity index (χ2n) is 4.42. The van der Waals surface area contributed by atoms with Crippen molar-refractivity contribution in [3.63, 3.8) is 0 Å². The summed E-state index contributed by atoms with van der Waals surface area (Å²) < 4.78 is 43.6. The molecule has 1 aromatic carbocycles. The molecule has 0 radical (unpaired) electrons. The summed E-state index contributed by atoms with van der Waals surface area (Å²) in [5.74, 6) is -1.09. The highest BCUT2D eigenvalue weighted by Crippen LogP contribution is 2.26. The molecular formula is C13H9F3N4O2. The molecule has 2 aromatic heterocycles. The number of alkyl halides is 3. The van der Waals surface area contributed by atoms with E-state index in [1.165, 1.54) is 7.11 Å². The molecule has 9 heteroatoms. The van der Waals surface area contributed by atoms with Crippen molar-refractivity contribution in [2.45, 2.75) is 6.18 Å². The van der Waals surface area contributed by atoms with E-state index in [0.29, 0.717) is 15.8 Å². The van der Waals surface area contributed by atoms with Crippen molar-refractivity contribution in [3.05, 3.63) is 46.5 Å². The van der Waals surface area contributed by atoms with Crippen molar-refractivity contribution in [1.82, 2.24) is 19.6 Å². The minimum atomic E-state index is -4.68. The van der Waals surface area contributed by atoms with E-state index in [9.17, 15) is 18.0 Å². The second kappa shape index (κ2) is 4.86. The first-order chi connectivity index (χ1) is 10.4. The van der Waals surface area contributed by atoms with E-state index >= 15 is 0 Å². The smallest absolute Gasteiger partial charge is 0.451 e. The minimum absolute atomic E-state index is 0.212. The Bertz CT molecular complexity index is 898. The zero-order valence-electron chi connectivity index (χ0n) is 11.2. The van der Waals surface area contributed by atoms with Crippen LogP contribution in [0.25, 0.3) is 17.0 Å². The highest BCUT2D eigenvalue weighted by Gasteiger charge is 2.35. The molecular weight excluding hydrogens is 301 g/mol. The minimum Gasteiger partial charge on any atom is -0.497 e. The van der Waals surface area contributed by atoms with Gasteiger partial charge in [0.05, 0.1) is 12.8 Å². The first-order valence-electron chi connectivity index (χ1n) is 6.10. The Balaban J connectivity index is 2.18. The lowest BCUT2D eigenvalue weighted by atomic mass is 10.1. The number of halogens is 3. The number of ether oxygens (including phenoxy) is 1.